The third kappa shape index (κ3) is 4.26. The SMILES string of the molecule is O=C1c2ccccc2[C@](OC/C=C\CO)(c2ccc(Cl)cc2)N1Cc1ccc([N+](=O)[O-])cc1. The van der Waals surface area contributed by atoms with Gasteiger partial charge in [0.25, 0.3) is 11.6 Å². The van der Waals surface area contributed by atoms with Crippen molar-refractivity contribution in [3.05, 3.63) is 122 Å². The number of aliphatic hydroxyl groups excluding tert-OH is 1. The van der Waals surface area contributed by atoms with Gasteiger partial charge in [-0.2, -0.15) is 0 Å². The van der Waals surface area contributed by atoms with Crippen LogP contribution in [0.25, 0.3) is 0 Å². The second-order valence-electron chi connectivity index (χ2n) is 7.48. The number of hydrogen-bond donors (Lipinski definition) is 1. The number of aliphatic hydroxyl groups is 1. The van der Waals surface area contributed by atoms with Gasteiger partial charge in [0.05, 0.1) is 18.1 Å². The molecule has 7 nitrogen and oxygen atoms in total. The van der Waals surface area contributed by atoms with Crippen molar-refractivity contribution in [1.29, 1.82) is 0 Å². The zero-order valence-corrected chi connectivity index (χ0v) is 18.3. The lowest BCUT2D eigenvalue weighted by Gasteiger charge is -2.39. The third-order valence-corrected chi connectivity index (χ3v) is 5.78. The van der Waals surface area contributed by atoms with Crippen LogP contribution in [0.4, 0.5) is 5.69 Å². The summed E-state index contributed by atoms with van der Waals surface area (Å²) in [6, 6.07) is 20.5. The van der Waals surface area contributed by atoms with Gasteiger partial charge in [0.15, 0.2) is 5.72 Å². The van der Waals surface area contributed by atoms with Crippen molar-refractivity contribution in [3.8, 4) is 0 Å². The number of ether oxygens (including phenoxy) is 1. The highest BCUT2D eigenvalue weighted by Gasteiger charge is 2.52. The molecule has 0 unspecified atom stereocenters. The van der Waals surface area contributed by atoms with Crippen LogP contribution in [-0.2, 0) is 17.0 Å². The molecule has 3 aromatic rings. The van der Waals surface area contributed by atoms with E-state index in [0.717, 1.165) is 5.56 Å². The summed E-state index contributed by atoms with van der Waals surface area (Å²) in [5, 5.41) is 20.7. The Hall–Kier alpha value is -3.52. The highest BCUT2D eigenvalue weighted by atomic mass is 35.5. The lowest BCUT2D eigenvalue weighted by Crippen LogP contribution is -2.46. The number of carbonyl (C=O) groups excluding carboxylic acids is 1. The van der Waals surface area contributed by atoms with Gasteiger partial charge < -0.3 is 9.84 Å². The molecule has 1 atom stereocenters. The Balaban J connectivity index is 1.84. The Morgan fingerprint density at radius 3 is 2.39 bits per heavy atom. The minimum absolute atomic E-state index is 0.0239. The lowest BCUT2D eigenvalue weighted by atomic mass is 9.93. The molecule has 1 amide bonds. The molecule has 0 aliphatic carbocycles. The van der Waals surface area contributed by atoms with E-state index in [1.807, 2.05) is 24.3 Å². The number of nitro benzene ring substituents is 1. The van der Waals surface area contributed by atoms with E-state index in [1.165, 1.54) is 12.1 Å². The Morgan fingerprint density at radius 2 is 1.73 bits per heavy atom. The minimum atomic E-state index is -1.25. The average Bonchev–Trinajstić information content (AvgIpc) is 3.06. The molecule has 168 valence electrons. The summed E-state index contributed by atoms with van der Waals surface area (Å²) in [5.74, 6) is -0.218. The van der Waals surface area contributed by atoms with Crippen LogP contribution in [0.2, 0.25) is 5.02 Å². The van der Waals surface area contributed by atoms with Crippen LogP contribution in [0, 0.1) is 10.1 Å². The van der Waals surface area contributed by atoms with Gasteiger partial charge in [-0.15, -0.1) is 0 Å². The maximum absolute atomic E-state index is 13.6. The molecule has 0 spiro atoms. The van der Waals surface area contributed by atoms with Crippen molar-refractivity contribution in [2.24, 2.45) is 0 Å². The van der Waals surface area contributed by atoms with Crippen molar-refractivity contribution < 1.29 is 19.6 Å². The summed E-state index contributed by atoms with van der Waals surface area (Å²) >= 11 is 6.13. The molecule has 33 heavy (non-hydrogen) atoms. The van der Waals surface area contributed by atoms with Crippen LogP contribution in [0.1, 0.15) is 27.0 Å². The zero-order chi connectivity index (χ0) is 23.4. The molecule has 4 rings (SSSR count). The first-order valence-corrected chi connectivity index (χ1v) is 10.7. The number of rotatable bonds is 8. The lowest BCUT2D eigenvalue weighted by molar-refractivity contribution is -0.384. The molecule has 0 bridgehead atoms. The van der Waals surface area contributed by atoms with Crippen molar-refractivity contribution >= 4 is 23.2 Å². The van der Waals surface area contributed by atoms with Crippen molar-refractivity contribution in [2.75, 3.05) is 13.2 Å². The summed E-state index contributed by atoms with van der Waals surface area (Å²) in [5.41, 5.74) is 1.36. The van der Waals surface area contributed by atoms with Crippen molar-refractivity contribution in [1.82, 2.24) is 4.90 Å². The number of non-ortho nitro benzene ring substituents is 1. The van der Waals surface area contributed by atoms with Gasteiger partial charge in [0, 0.05) is 40.4 Å². The average molecular weight is 465 g/mol. The summed E-state index contributed by atoms with van der Waals surface area (Å²) in [7, 11) is 0. The number of nitro groups is 1. The number of hydrogen-bond acceptors (Lipinski definition) is 5. The molecule has 0 aromatic heterocycles. The second-order valence-corrected chi connectivity index (χ2v) is 7.91. The fourth-order valence-electron chi connectivity index (χ4n) is 4.03. The van der Waals surface area contributed by atoms with E-state index in [2.05, 4.69) is 0 Å². The van der Waals surface area contributed by atoms with Gasteiger partial charge in [-0.3, -0.25) is 19.8 Å². The van der Waals surface area contributed by atoms with Crippen LogP contribution in [0.3, 0.4) is 0 Å². The number of carbonyl (C=O) groups is 1. The first-order chi connectivity index (χ1) is 16.0. The van der Waals surface area contributed by atoms with E-state index in [1.54, 1.807) is 53.5 Å². The Labute approximate surface area is 195 Å². The monoisotopic (exact) mass is 464 g/mol. The molecule has 0 fully saturated rings. The second kappa shape index (κ2) is 9.54. The number of nitrogens with zero attached hydrogens (tertiary/aromatic N) is 2. The Morgan fingerprint density at radius 1 is 1.03 bits per heavy atom. The first kappa shape index (κ1) is 22.7. The first-order valence-electron chi connectivity index (χ1n) is 10.3. The van der Waals surface area contributed by atoms with E-state index >= 15 is 0 Å². The zero-order valence-electron chi connectivity index (χ0n) is 17.6. The summed E-state index contributed by atoms with van der Waals surface area (Å²) < 4.78 is 6.42. The largest absolute Gasteiger partial charge is 0.392 e. The van der Waals surface area contributed by atoms with E-state index in [9.17, 15) is 14.9 Å². The van der Waals surface area contributed by atoms with Gasteiger partial charge in [0.2, 0.25) is 0 Å². The number of benzene rings is 3. The van der Waals surface area contributed by atoms with Gasteiger partial charge in [-0.25, -0.2) is 0 Å². The molecular weight excluding hydrogens is 444 g/mol. The van der Waals surface area contributed by atoms with E-state index in [-0.39, 0.29) is 31.4 Å². The highest BCUT2D eigenvalue weighted by Crippen LogP contribution is 2.46. The molecule has 1 aliphatic heterocycles. The normalized spacial score (nSPS) is 17.5. The van der Waals surface area contributed by atoms with Gasteiger partial charge in [-0.1, -0.05) is 66.2 Å². The van der Waals surface area contributed by atoms with E-state index < -0.39 is 10.6 Å². The highest BCUT2D eigenvalue weighted by molar-refractivity contribution is 6.30. The molecule has 1 heterocycles. The van der Waals surface area contributed by atoms with Crippen LogP contribution in [0.5, 0.6) is 0 Å². The third-order valence-electron chi connectivity index (χ3n) is 5.53. The van der Waals surface area contributed by atoms with Gasteiger partial charge in [-0.05, 0) is 23.8 Å². The molecule has 8 heteroatoms. The van der Waals surface area contributed by atoms with Crippen LogP contribution >= 0.6 is 11.6 Å². The summed E-state index contributed by atoms with van der Waals surface area (Å²) in [4.78, 5) is 25.8. The van der Waals surface area contributed by atoms with Gasteiger partial charge in [0.1, 0.15) is 0 Å². The Bertz CT molecular complexity index is 1190. The van der Waals surface area contributed by atoms with E-state index in [0.29, 0.717) is 21.7 Å². The topological polar surface area (TPSA) is 92.9 Å². The fraction of sp³-hybridized carbons (Fsp3) is 0.160. The maximum atomic E-state index is 13.6. The number of amides is 1. The van der Waals surface area contributed by atoms with Crippen LogP contribution in [-0.4, -0.2) is 34.1 Å². The standard InChI is InChI=1S/C25H21ClN2O5/c26-20-11-9-19(10-12-20)25(33-16-4-3-15-29)23-6-2-1-5-22(23)24(30)27(25)17-18-7-13-21(14-8-18)28(31)32/h1-14,29H,15-17H2/b4-3-/t25-/m1/s1. The van der Waals surface area contributed by atoms with Crippen molar-refractivity contribution in [3.63, 3.8) is 0 Å². The van der Waals surface area contributed by atoms with Gasteiger partial charge >= 0.3 is 0 Å². The molecule has 1 aliphatic rings. The summed E-state index contributed by atoms with van der Waals surface area (Å²) in [6.45, 7) is 0.179. The predicted octanol–water partition coefficient (Wildman–Crippen LogP) is 4.67. The molecule has 0 radical (unpaired) electrons. The smallest absolute Gasteiger partial charge is 0.269 e. The molecule has 0 saturated carbocycles. The predicted molar refractivity (Wildman–Crippen MR) is 124 cm³/mol. The molecular formula is C25H21ClN2O5. The molecule has 0 saturated heterocycles. The van der Waals surface area contributed by atoms with E-state index in [4.69, 9.17) is 21.4 Å². The maximum Gasteiger partial charge on any atom is 0.269 e. The Kier molecular flexibility index (Phi) is 6.55. The molecule has 3 aromatic carbocycles. The summed E-state index contributed by atoms with van der Waals surface area (Å²) in [6.07, 6.45) is 3.26. The van der Waals surface area contributed by atoms with Crippen molar-refractivity contribution in [2.45, 2.75) is 12.3 Å². The fourth-order valence-corrected chi connectivity index (χ4v) is 4.15. The quantitative estimate of drug-likeness (QED) is 0.297. The number of fused-ring (bicyclic) bond motifs is 1. The van der Waals surface area contributed by atoms with Crippen LogP contribution < -0.4 is 0 Å². The minimum Gasteiger partial charge on any atom is -0.392 e. The number of halogens is 1. The molecule has 1 N–H and O–H groups in total. The van der Waals surface area contributed by atoms with Crippen LogP contribution in [0.15, 0.2) is 84.9 Å².